The third-order valence-electron chi connectivity index (χ3n) is 3.35. The van der Waals surface area contributed by atoms with Gasteiger partial charge < -0.3 is 10.0 Å². The second-order valence-electron chi connectivity index (χ2n) is 5.25. The first-order chi connectivity index (χ1) is 9.30. The number of rotatable bonds is 2. The SMILES string of the molecule is CC1(O)CCCN(C(=O)c2cc([N+](=O)[O-])ccc2I)C1. The Morgan fingerprint density at radius 3 is 2.85 bits per heavy atom. The Morgan fingerprint density at radius 2 is 2.25 bits per heavy atom. The minimum Gasteiger partial charge on any atom is -0.388 e. The normalized spacial score (nSPS) is 22.6. The Bertz CT molecular complexity index is 559. The van der Waals surface area contributed by atoms with E-state index < -0.39 is 10.5 Å². The Hall–Kier alpha value is -1.22. The van der Waals surface area contributed by atoms with E-state index in [0.29, 0.717) is 22.1 Å². The molecule has 0 bridgehead atoms. The van der Waals surface area contributed by atoms with Crippen LogP contribution in [0, 0.1) is 13.7 Å². The summed E-state index contributed by atoms with van der Waals surface area (Å²) in [6.07, 6.45) is 1.38. The van der Waals surface area contributed by atoms with Crippen molar-refractivity contribution in [1.82, 2.24) is 4.90 Å². The zero-order valence-electron chi connectivity index (χ0n) is 11.0. The lowest BCUT2D eigenvalue weighted by molar-refractivity contribution is -0.384. The number of nitro benzene ring substituents is 1. The van der Waals surface area contributed by atoms with Crippen LogP contribution in [0.4, 0.5) is 5.69 Å². The predicted octanol–water partition coefficient (Wildman–Crippen LogP) is 2.19. The van der Waals surface area contributed by atoms with Crippen LogP contribution in [0.25, 0.3) is 0 Å². The average Bonchev–Trinajstić information content (AvgIpc) is 2.37. The summed E-state index contributed by atoms with van der Waals surface area (Å²) in [6.45, 7) is 2.52. The summed E-state index contributed by atoms with van der Waals surface area (Å²) in [5.74, 6) is -0.266. The minimum atomic E-state index is -0.889. The van der Waals surface area contributed by atoms with Crippen molar-refractivity contribution in [2.24, 2.45) is 0 Å². The lowest BCUT2D eigenvalue weighted by Gasteiger charge is -2.37. The van der Waals surface area contributed by atoms with Crippen molar-refractivity contribution in [2.45, 2.75) is 25.4 Å². The second-order valence-corrected chi connectivity index (χ2v) is 6.41. The van der Waals surface area contributed by atoms with Crippen molar-refractivity contribution in [3.05, 3.63) is 37.4 Å². The topological polar surface area (TPSA) is 83.7 Å². The fraction of sp³-hybridized carbons (Fsp3) is 0.462. The smallest absolute Gasteiger partial charge is 0.270 e. The monoisotopic (exact) mass is 390 g/mol. The molecule has 1 unspecified atom stereocenters. The van der Waals surface area contributed by atoms with Gasteiger partial charge in [0.2, 0.25) is 0 Å². The number of aliphatic hydroxyl groups is 1. The van der Waals surface area contributed by atoms with E-state index in [4.69, 9.17) is 0 Å². The van der Waals surface area contributed by atoms with Gasteiger partial charge in [-0.1, -0.05) is 0 Å². The van der Waals surface area contributed by atoms with E-state index in [1.54, 1.807) is 17.9 Å². The van der Waals surface area contributed by atoms with E-state index in [1.165, 1.54) is 12.1 Å². The summed E-state index contributed by atoms with van der Waals surface area (Å²) in [6, 6.07) is 4.24. The van der Waals surface area contributed by atoms with Crippen LogP contribution >= 0.6 is 22.6 Å². The molecule has 7 heteroatoms. The van der Waals surface area contributed by atoms with Crippen molar-refractivity contribution in [2.75, 3.05) is 13.1 Å². The molecule has 1 amide bonds. The Balaban J connectivity index is 2.29. The molecule has 0 radical (unpaired) electrons. The molecule has 1 N–H and O–H groups in total. The molecule has 108 valence electrons. The van der Waals surface area contributed by atoms with Crippen molar-refractivity contribution >= 4 is 34.2 Å². The van der Waals surface area contributed by atoms with Crippen molar-refractivity contribution in [3.8, 4) is 0 Å². The maximum Gasteiger partial charge on any atom is 0.270 e. The lowest BCUT2D eigenvalue weighted by atomic mass is 9.94. The highest BCUT2D eigenvalue weighted by Gasteiger charge is 2.32. The number of likely N-dealkylation sites (tertiary alicyclic amines) is 1. The number of halogens is 1. The van der Waals surface area contributed by atoms with Gasteiger partial charge in [0.15, 0.2) is 0 Å². The zero-order chi connectivity index (χ0) is 14.9. The Labute approximate surface area is 130 Å². The van der Waals surface area contributed by atoms with Crippen LogP contribution in [-0.2, 0) is 0 Å². The number of nitro groups is 1. The number of β-amino-alcohol motifs (C(OH)–C–C–N with tert-alkyl or cyclic N) is 1. The molecule has 1 heterocycles. The Kier molecular flexibility index (Phi) is 4.28. The first kappa shape index (κ1) is 15.2. The summed E-state index contributed by atoms with van der Waals surface area (Å²) in [7, 11) is 0. The summed E-state index contributed by atoms with van der Waals surface area (Å²) >= 11 is 1.99. The minimum absolute atomic E-state index is 0.0995. The van der Waals surface area contributed by atoms with Gasteiger partial charge in [-0.3, -0.25) is 14.9 Å². The molecule has 6 nitrogen and oxygen atoms in total. The maximum absolute atomic E-state index is 12.5. The fourth-order valence-corrected chi connectivity index (χ4v) is 2.92. The van der Waals surface area contributed by atoms with E-state index in [0.717, 1.165) is 6.42 Å². The van der Waals surface area contributed by atoms with E-state index in [9.17, 15) is 20.0 Å². The summed E-state index contributed by atoms with van der Waals surface area (Å²) in [4.78, 5) is 24.3. The number of carbonyl (C=O) groups excluding carboxylic acids is 1. The number of piperidine rings is 1. The summed E-state index contributed by atoms with van der Waals surface area (Å²) < 4.78 is 0.670. The molecule has 0 saturated carbocycles. The van der Waals surface area contributed by atoms with Crippen molar-refractivity contribution in [1.29, 1.82) is 0 Å². The number of non-ortho nitro benzene ring substituents is 1. The predicted molar refractivity (Wildman–Crippen MR) is 81.6 cm³/mol. The highest BCUT2D eigenvalue weighted by molar-refractivity contribution is 14.1. The third-order valence-corrected chi connectivity index (χ3v) is 4.29. The van der Waals surface area contributed by atoms with Crippen LogP contribution in [0.3, 0.4) is 0 Å². The largest absolute Gasteiger partial charge is 0.388 e. The quantitative estimate of drug-likeness (QED) is 0.477. The molecule has 2 rings (SSSR count). The van der Waals surface area contributed by atoms with Gasteiger partial charge in [0, 0.05) is 28.8 Å². The average molecular weight is 390 g/mol. The highest BCUT2D eigenvalue weighted by Crippen LogP contribution is 2.25. The Morgan fingerprint density at radius 1 is 1.55 bits per heavy atom. The molecule has 0 spiro atoms. The lowest BCUT2D eigenvalue weighted by Crippen LogP contribution is -2.48. The highest BCUT2D eigenvalue weighted by atomic mass is 127. The molecule has 20 heavy (non-hydrogen) atoms. The molecule has 1 aromatic carbocycles. The third kappa shape index (κ3) is 3.26. The number of benzene rings is 1. The second kappa shape index (κ2) is 5.65. The molecule has 0 aromatic heterocycles. The standard InChI is InChI=1S/C13H15IN2O4/c1-13(18)5-2-6-15(8-13)12(17)10-7-9(16(19)20)3-4-11(10)14/h3-4,7,18H,2,5-6,8H2,1H3. The molecule has 1 fully saturated rings. The first-order valence-electron chi connectivity index (χ1n) is 6.26. The molecule has 1 saturated heterocycles. The van der Waals surface area contributed by atoms with E-state index >= 15 is 0 Å². The zero-order valence-corrected chi connectivity index (χ0v) is 13.2. The van der Waals surface area contributed by atoms with Crippen LogP contribution in [0.2, 0.25) is 0 Å². The molecule has 1 aliphatic heterocycles. The molecular formula is C13H15IN2O4. The van der Waals surface area contributed by atoms with Crippen molar-refractivity contribution in [3.63, 3.8) is 0 Å². The number of carbonyl (C=O) groups is 1. The number of amides is 1. The molecule has 0 aliphatic carbocycles. The van der Waals surface area contributed by atoms with Crippen LogP contribution in [0.5, 0.6) is 0 Å². The van der Waals surface area contributed by atoms with E-state index in [2.05, 4.69) is 0 Å². The van der Waals surface area contributed by atoms with Crippen LogP contribution < -0.4 is 0 Å². The molecule has 1 aliphatic rings. The van der Waals surface area contributed by atoms with Gasteiger partial charge in [0.1, 0.15) is 0 Å². The van der Waals surface area contributed by atoms with Gasteiger partial charge in [0.05, 0.1) is 16.1 Å². The van der Waals surface area contributed by atoms with Gasteiger partial charge in [-0.2, -0.15) is 0 Å². The van der Waals surface area contributed by atoms with Crippen LogP contribution in [0.1, 0.15) is 30.1 Å². The van der Waals surface area contributed by atoms with Gasteiger partial charge in [-0.05, 0) is 48.4 Å². The first-order valence-corrected chi connectivity index (χ1v) is 7.34. The van der Waals surface area contributed by atoms with Gasteiger partial charge in [-0.15, -0.1) is 0 Å². The fourth-order valence-electron chi connectivity index (χ4n) is 2.35. The van der Waals surface area contributed by atoms with Crippen molar-refractivity contribution < 1.29 is 14.8 Å². The van der Waals surface area contributed by atoms with Gasteiger partial charge in [-0.25, -0.2) is 0 Å². The molecule has 1 atom stereocenters. The van der Waals surface area contributed by atoms with Gasteiger partial charge >= 0.3 is 0 Å². The van der Waals surface area contributed by atoms with E-state index in [-0.39, 0.29) is 18.1 Å². The number of nitrogens with zero attached hydrogens (tertiary/aromatic N) is 2. The summed E-state index contributed by atoms with van der Waals surface area (Å²) in [5, 5.41) is 20.9. The number of hydrogen-bond donors (Lipinski definition) is 1. The summed E-state index contributed by atoms with van der Waals surface area (Å²) in [5.41, 5.74) is -0.671. The molecule has 1 aromatic rings. The van der Waals surface area contributed by atoms with Crippen LogP contribution in [0.15, 0.2) is 18.2 Å². The van der Waals surface area contributed by atoms with Crippen LogP contribution in [-0.4, -0.2) is 39.5 Å². The number of hydrogen-bond acceptors (Lipinski definition) is 4. The van der Waals surface area contributed by atoms with Gasteiger partial charge in [0.25, 0.3) is 11.6 Å². The maximum atomic E-state index is 12.5. The van der Waals surface area contributed by atoms with E-state index in [1.807, 2.05) is 22.6 Å². The molecular weight excluding hydrogens is 375 g/mol.